The largest absolute Gasteiger partial charge is 0.450 e. The molecular weight excluding hydrogens is 228 g/mol. The number of fused-ring (bicyclic) bond motifs is 1. The van der Waals surface area contributed by atoms with Gasteiger partial charge >= 0.3 is 6.09 Å². The molecule has 1 aromatic carbocycles. The van der Waals surface area contributed by atoms with E-state index in [2.05, 4.69) is 28.8 Å². The summed E-state index contributed by atoms with van der Waals surface area (Å²) in [6, 6.07) is 6.37. The molecule has 0 saturated carbocycles. The van der Waals surface area contributed by atoms with Gasteiger partial charge in [-0.15, -0.1) is 0 Å². The second-order valence-corrected chi connectivity index (χ2v) is 4.54. The van der Waals surface area contributed by atoms with Gasteiger partial charge in [0.25, 0.3) is 0 Å². The van der Waals surface area contributed by atoms with E-state index < -0.39 is 0 Å². The molecule has 1 aromatic rings. The third-order valence-corrected chi connectivity index (χ3v) is 3.23. The van der Waals surface area contributed by atoms with Crippen LogP contribution in [0.5, 0.6) is 0 Å². The molecule has 1 atom stereocenters. The van der Waals surface area contributed by atoms with Gasteiger partial charge < -0.3 is 15.4 Å². The fourth-order valence-electron chi connectivity index (χ4n) is 2.20. The highest BCUT2D eigenvalue weighted by Gasteiger charge is 2.13. The minimum absolute atomic E-state index is 0.0239. The summed E-state index contributed by atoms with van der Waals surface area (Å²) in [5, 5.41) is 6.18. The molecule has 1 aliphatic rings. The van der Waals surface area contributed by atoms with E-state index in [0.717, 1.165) is 25.1 Å². The number of hydrogen-bond acceptors (Lipinski definition) is 3. The number of carbonyl (C=O) groups is 1. The first-order valence-corrected chi connectivity index (χ1v) is 6.46. The van der Waals surface area contributed by atoms with Crippen LogP contribution in [-0.2, 0) is 17.7 Å². The Kier molecular flexibility index (Phi) is 4.20. The van der Waals surface area contributed by atoms with Crippen molar-refractivity contribution in [2.45, 2.75) is 32.9 Å². The number of amides is 1. The SMILES string of the molecule is CCOC(=O)NC(C)c1ccc2c(c1)CCNC2. The number of ether oxygens (including phenoxy) is 1. The lowest BCUT2D eigenvalue weighted by Crippen LogP contribution is -2.28. The predicted molar refractivity (Wildman–Crippen MR) is 70.4 cm³/mol. The molecule has 0 fully saturated rings. The summed E-state index contributed by atoms with van der Waals surface area (Å²) in [6.45, 7) is 6.13. The zero-order valence-electron chi connectivity index (χ0n) is 11.0. The van der Waals surface area contributed by atoms with Crippen LogP contribution >= 0.6 is 0 Å². The fourth-order valence-corrected chi connectivity index (χ4v) is 2.20. The van der Waals surface area contributed by atoms with Gasteiger partial charge in [0.05, 0.1) is 12.6 Å². The van der Waals surface area contributed by atoms with Gasteiger partial charge in [0, 0.05) is 6.54 Å². The van der Waals surface area contributed by atoms with Crippen LogP contribution in [0.1, 0.15) is 36.6 Å². The van der Waals surface area contributed by atoms with Crippen molar-refractivity contribution in [2.75, 3.05) is 13.2 Å². The maximum absolute atomic E-state index is 11.4. The lowest BCUT2D eigenvalue weighted by molar-refractivity contribution is 0.149. The van der Waals surface area contributed by atoms with Crippen molar-refractivity contribution in [1.29, 1.82) is 0 Å². The Morgan fingerprint density at radius 2 is 2.33 bits per heavy atom. The number of carbonyl (C=O) groups excluding carboxylic acids is 1. The topological polar surface area (TPSA) is 50.4 Å². The molecule has 4 heteroatoms. The summed E-state index contributed by atoms with van der Waals surface area (Å²) in [5.74, 6) is 0. The average Bonchev–Trinajstić information content (AvgIpc) is 2.38. The van der Waals surface area contributed by atoms with Crippen LogP contribution in [0.15, 0.2) is 18.2 Å². The van der Waals surface area contributed by atoms with Gasteiger partial charge in [-0.3, -0.25) is 0 Å². The highest BCUT2D eigenvalue weighted by atomic mass is 16.5. The number of hydrogen-bond donors (Lipinski definition) is 2. The predicted octanol–water partition coefficient (Wildman–Crippen LogP) is 2.14. The summed E-state index contributed by atoms with van der Waals surface area (Å²) in [4.78, 5) is 11.4. The van der Waals surface area contributed by atoms with Crippen LogP contribution in [-0.4, -0.2) is 19.2 Å². The number of alkyl carbamates (subject to hydrolysis) is 1. The van der Waals surface area contributed by atoms with E-state index in [9.17, 15) is 4.79 Å². The van der Waals surface area contributed by atoms with Gasteiger partial charge in [-0.1, -0.05) is 18.2 Å². The van der Waals surface area contributed by atoms with Crippen LogP contribution in [0.3, 0.4) is 0 Å². The molecule has 0 bridgehead atoms. The Bertz CT molecular complexity index is 432. The number of rotatable bonds is 3. The molecule has 98 valence electrons. The number of benzene rings is 1. The fraction of sp³-hybridized carbons (Fsp3) is 0.500. The van der Waals surface area contributed by atoms with E-state index >= 15 is 0 Å². The molecule has 2 rings (SSSR count). The molecule has 1 aliphatic heterocycles. The second-order valence-electron chi connectivity index (χ2n) is 4.54. The summed E-state index contributed by atoms with van der Waals surface area (Å²) in [7, 11) is 0. The van der Waals surface area contributed by atoms with Crippen molar-refractivity contribution in [1.82, 2.24) is 10.6 Å². The van der Waals surface area contributed by atoms with Gasteiger partial charge in [0.1, 0.15) is 0 Å². The second kappa shape index (κ2) is 5.87. The minimum Gasteiger partial charge on any atom is -0.450 e. The van der Waals surface area contributed by atoms with Gasteiger partial charge in [-0.2, -0.15) is 0 Å². The van der Waals surface area contributed by atoms with Crippen molar-refractivity contribution < 1.29 is 9.53 Å². The van der Waals surface area contributed by atoms with Crippen molar-refractivity contribution in [3.63, 3.8) is 0 Å². The minimum atomic E-state index is -0.357. The van der Waals surface area contributed by atoms with Crippen molar-refractivity contribution in [3.8, 4) is 0 Å². The molecule has 0 saturated heterocycles. The van der Waals surface area contributed by atoms with Gasteiger partial charge in [0.2, 0.25) is 0 Å². The summed E-state index contributed by atoms with van der Waals surface area (Å²) in [5.41, 5.74) is 3.86. The van der Waals surface area contributed by atoms with E-state index in [4.69, 9.17) is 4.74 Å². The van der Waals surface area contributed by atoms with Crippen molar-refractivity contribution >= 4 is 6.09 Å². The van der Waals surface area contributed by atoms with E-state index in [0.29, 0.717) is 6.61 Å². The van der Waals surface area contributed by atoms with Crippen LogP contribution in [0.4, 0.5) is 4.79 Å². The smallest absolute Gasteiger partial charge is 0.407 e. The third kappa shape index (κ3) is 3.01. The van der Waals surface area contributed by atoms with Crippen molar-refractivity contribution in [2.24, 2.45) is 0 Å². The highest BCUT2D eigenvalue weighted by Crippen LogP contribution is 2.20. The Morgan fingerprint density at radius 3 is 3.11 bits per heavy atom. The Labute approximate surface area is 108 Å². The van der Waals surface area contributed by atoms with E-state index in [1.54, 1.807) is 6.92 Å². The molecule has 0 aromatic heterocycles. The zero-order valence-corrected chi connectivity index (χ0v) is 11.0. The molecule has 0 spiro atoms. The van der Waals surface area contributed by atoms with Gasteiger partial charge in [0.15, 0.2) is 0 Å². The monoisotopic (exact) mass is 248 g/mol. The van der Waals surface area contributed by atoms with Crippen LogP contribution < -0.4 is 10.6 Å². The van der Waals surface area contributed by atoms with E-state index in [1.807, 2.05) is 6.92 Å². The molecule has 4 nitrogen and oxygen atoms in total. The molecule has 0 radical (unpaired) electrons. The average molecular weight is 248 g/mol. The Morgan fingerprint density at radius 1 is 1.50 bits per heavy atom. The maximum atomic E-state index is 11.4. The first-order valence-electron chi connectivity index (χ1n) is 6.46. The van der Waals surface area contributed by atoms with Crippen LogP contribution in [0.25, 0.3) is 0 Å². The Hall–Kier alpha value is -1.55. The number of nitrogens with one attached hydrogen (secondary N) is 2. The summed E-state index contributed by atoms with van der Waals surface area (Å²) < 4.78 is 4.89. The van der Waals surface area contributed by atoms with Crippen LogP contribution in [0.2, 0.25) is 0 Å². The zero-order chi connectivity index (χ0) is 13.0. The third-order valence-electron chi connectivity index (χ3n) is 3.23. The van der Waals surface area contributed by atoms with E-state index in [1.165, 1.54) is 11.1 Å². The molecule has 0 aliphatic carbocycles. The van der Waals surface area contributed by atoms with Crippen LogP contribution in [0, 0.1) is 0 Å². The molecule has 2 N–H and O–H groups in total. The standard InChI is InChI=1S/C14H20N2O2/c1-3-18-14(17)16-10(2)11-4-5-13-9-15-7-6-12(13)8-11/h4-5,8,10,15H,3,6-7,9H2,1-2H3,(H,16,17). The van der Waals surface area contributed by atoms with E-state index in [-0.39, 0.29) is 12.1 Å². The molecule has 1 amide bonds. The lowest BCUT2D eigenvalue weighted by atomic mass is 9.96. The molecular formula is C14H20N2O2. The summed E-state index contributed by atoms with van der Waals surface area (Å²) >= 11 is 0. The first kappa shape index (κ1) is 12.9. The Balaban J connectivity index is 2.06. The molecule has 18 heavy (non-hydrogen) atoms. The molecule has 1 heterocycles. The normalized spacial score (nSPS) is 15.7. The van der Waals surface area contributed by atoms with Gasteiger partial charge in [-0.25, -0.2) is 4.79 Å². The summed E-state index contributed by atoms with van der Waals surface area (Å²) in [6.07, 6.45) is 0.694. The quantitative estimate of drug-likeness (QED) is 0.861. The highest BCUT2D eigenvalue weighted by molar-refractivity contribution is 5.67. The first-order chi connectivity index (χ1) is 8.70. The van der Waals surface area contributed by atoms with Gasteiger partial charge in [-0.05, 0) is 43.5 Å². The molecule has 1 unspecified atom stereocenters. The lowest BCUT2D eigenvalue weighted by Gasteiger charge is -2.20. The van der Waals surface area contributed by atoms with Crippen molar-refractivity contribution in [3.05, 3.63) is 34.9 Å². The maximum Gasteiger partial charge on any atom is 0.407 e.